The van der Waals surface area contributed by atoms with Crippen LogP contribution >= 0.6 is 0 Å². The first-order valence-electron chi connectivity index (χ1n) is 6.76. The van der Waals surface area contributed by atoms with Gasteiger partial charge in [0.1, 0.15) is 11.5 Å². The maximum atomic E-state index is 12.8. The highest BCUT2D eigenvalue weighted by molar-refractivity contribution is 6.09. The third-order valence-electron chi connectivity index (χ3n) is 4.08. The van der Waals surface area contributed by atoms with Crippen molar-refractivity contribution < 1.29 is 9.21 Å². The highest BCUT2D eigenvalue weighted by atomic mass is 16.3. The minimum Gasteiger partial charge on any atom is -0.466 e. The molecule has 1 aromatic heterocycles. The van der Waals surface area contributed by atoms with E-state index in [0.717, 1.165) is 34.7 Å². The number of carbonyl (C=O) groups is 1. The second-order valence-electron chi connectivity index (χ2n) is 5.27. The molecule has 0 unspecified atom stereocenters. The molecule has 0 bridgehead atoms. The van der Waals surface area contributed by atoms with Gasteiger partial charge in [0.2, 0.25) is 0 Å². The lowest BCUT2D eigenvalue weighted by molar-refractivity contribution is 0.0987. The number of nitrogens with zero attached hydrogens (tertiary/aromatic N) is 1. The molecule has 4 heteroatoms. The SMILES string of the molecule is Cc1oc(C)c(C(=O)N2CCc3c(N)cccc32)c1C. The van der Waals surface area contributed by atoms with Gasteiger partial charge in [-0.05, 0) is 39.3 Å². The molecule has 0 saturated carbocycles. The predicted molar refractivity (Wildman–Crippen MR) is 79.2 cm³/mol. The molecule has 0 atom stereocenters. The Kier molecular flexibility index (Phi) is 2.82. The van der Waals surface area contributed by atoms with E-state index >= 15 is 0 Å². The highest BCUT2D eigenvalue weighted by Crippen LogP contribution is 2.34. The van der Waals surface area contributed by atoms with Crippen LogP contribution in [-0.4, -0.2) is 12.5 Å². The number of anilines is 2. The quantitative estimate of drug-likeness (QED) is 0.810. The molecule has 3 rings (SSSR count). The number of benzene rings is 1. The Bertz CT molecular complexity index is 701. The Labute approximate surface area is 118 Å². The summed E-state index contributed by atoms with van der Waals surface area (Å²) < 4.78 is 5.57. The van der Waals surface area contributed by atoms with E-state index in [-0.39, 0.29) is 5.91 Å². The lowest BCUT2D eigenvalue weighted by Gasteiger charge is -2.17. The number of nitrogens with two attached hydrogens (primary N) is 1. The van der Waals surface area contributed by atoms with Crippen molar-refractivity contribution in [3.63, 3.8) is 0 Å². The second-order valence-corrected chi connectivity index (χ2v) is 5.27. The van der Waals surface area contributed by atoms with Gasteiger partial charge in [-0.15, -0.1) is 0 Å². The molecule has 2 N–H and O–H groups in total. The zero-order valence-electron chi connectivity index (χ0n) is 12.0. The molecule has 1 aliphatic heterocycles. The van der Waals surface area contributed by atoms with E-state index in [0.29, 0.717) is 17.9 Å². The maximum Gasteiger partial charge on any atom is 0.262 e. The zero-order valence-corrected chi connectivity index (χ0v) is 12.0. The Morgan fingerprint density at radius 3 is 2.65 bits per heavy atom. The molecule has 0 saturated heterocycles. The minimum atomic E-state index is 0.00111. The monoisotopic (exact) mass is 270 g/mol. The van der Waals surface area contributed by atoms with Crippen LogP contribution in [0.4, 0.5) is 11.4 Å². The lowest BCUT2D eigenvalue weighted by atomic mass is 10.1. The molecule has 0 spiro atoms. The third kappa shape index (κ3) is 1.72. The van der Waals surface area contributed by atoms with Gasteiger partial charge in [-0.2, -0.15) is 0 Å². The summed E-state index contributed by atoms with van der Waals surface area (Å²) >= 11 is 0. The summed E-state index contributed by atoms with van der Waals surface area (Å²) in [6.45, 7) is 6.32. The van der Waals surface area contributed by atoms with Gasteiger partial charge in [-0.25, -0.2) is 0 Å². The standard InChI is InChI=1S/C16H18N2O2/c1-9-10(2)20-11(3)15(9)16(19)18-8-7-12-13(17)5-4-6-14(12)18/h4-6H,7-8,17H2,1-3H3. The molecular weight excluding hydrogens is 252 g/mol. The van der Waals surface area contributed by atoms with Crippen LogP contribution in [0.5, 0.6) is 0 Å². The summed E-state index contributed by atoms with van der Waals surface area (Å²) in [6, 6.07) is 5.72. The minimum absolute atomic E-state index is 0.00111. The van der Waals surface area contributed by atoms with Gasteiger partial charge < -0.3 is 15.1 Å². The molecule has 4 nitrogen and oxygen atoms in total. The van der Waals surface area contributed by atoms with Crippen molar-refractivity contribution >= 4 is 17.3 Å². The summed E-state index contributed by atoms with van der Waals surface area (Å²) in [5.74, 6) is 1.49. The first kappa shape index (κ1) is 12.8. The van der Waals surface area contributed by atoms with Crippen molar-refractivity contribution in [2.45, 2.75) is 27.2 Å². The van der Waals surface area contributed by atoms with Crippen LogP contribution in [0, 0.1) is 20.8 Å². The van der Waals surface area contributed by atoms with Crippen LogP contribution in [-0.2, 0) is 6.42 Å². The fraction of sp³-hybridized carbons (Fsp3) is 0.312. The number of nitrogen functional groups attached to an aromatic ring is 1. The molecular formula is C16H18N2O2. The Hall–Kier alpha value is -2.23. The van der Waals surface area contributed by atoms with Gasteiger partial charge in [0.25, 0.3) is 5.91 Å². The zero-order chi connectivity index (χ0) is 14.4. The molecule has 2 heterocycles. The number of hydrogen-bond donors (Lipinski definition) is 1. The van der Waals surface area contributed by atoms with Crippen molar-refractivity contribution in [3.05, 3.63) is 46.4 Å². The van der Waals surface area contributed by atoms with Crippen LogP contribution in [0.2, 0.25) is 0 Å². The number of amides is 1. The predicted octanol–water partition coefficient (Wildman–Crippen LogP) is 2.99. The number of hydrogen-bond acceptors (Lipinski definition) is 3. The van der Waals surface area contributed by atoms with Crippen molar-refractivity contribution in [2.24, 2.45) is 0 Å². The first-order chi connectivity index (χ1) is 9.50. The molecule has 0 aliphatic carbocycles. The van der Waals surface area contributed by atoms with E-state index in [1.54, 1.807) is 4.90 Å². The Balaban J connectivity index is 2.04. The molecule has 0 radical (unpaired) electrons. The van der Waals surface area contributed by atoms with Gasteiger partial charge >= 0.3 is 0 Å². The summed E-state index contributed by atoms with van der Waals surface area (Å²) in [7, 11) is 0. The molecule has 1 aliphatic rings. The normalized spacial score (nSPS) is 13.7. The van der Waals surface area contributed by atoms with E-state index < -0.39 is 0 Å². The summed E-state index contributed by atoms with van der Waals surface area (Å²) in [5, 5.41) is 0. The van der Waals surface area contributed by atoms with Crippen molar-refractivity contribution in [2.75, 3.05) is 17.2 Å². The highest BCUT2D eigenvalue weighted by Gasteiger charge is 2.30. The first-order valence-corrected chi connectivity index (χ1v) is 6.76. The Morgan fingerprint density at radius 1 is 1.25 bits per heavy atom. The fourth-order valence-electron chi connectivity index (χ4n) is 2.92. The molecule has 1 aromatic carbocycles. The van der Waals surface area contributed by atoms with Gasteiger partial charge in [0, 0.05) is 29.0 Å². The van der Waals surface area contributed by atoms with Crippen molar-refractivity contribution in [3.8, 4) is 0 Å². The van der Waals surface area contributed by atoms with Gasteiger partial charge in [0.05, 0.1) is 5.56 Å². The third-order valence-corrected chi connectivity index (χ3v) is 4.08. The molecule has 1 amide bonds. The maximum absolute atomic E-state index is 12.8. The number of rotatable bonds is 1. The summed E-state index contributed by atoms with van der Waals surface area (Å²) in [5.41, 5.74) is 10.3. The fourth-order valence-corrected chi connectivity index (χ4v) is 2.92. The van der Waals surface area contributed by atoms with E-state index in [2.05, 4.69) is 0 Å². The largest absolute Gasteiger partial charge is 0.466 e. The van der Waals surface area contributed by atoms with E-state index in [1.807, 2.05) is 39.0 Å². The van der Waals surface area contributed by atoms with E-state index in [1.165, 1.54) is 0 Å². The van der Waals surface area contributed by atoms with E-state index in [4.69, 9.17) is 10.2 Å². The second kappa shape index (κ2) is 4.40. The lowest BCUT2D eigenvalue weighted by Crippen LogP contribution is -2.29. The van der Waals surface area contributed by atoms with Crippen molar-refractivity contribution in [1.82, 2.24) is 0 Å². The average Bonchev–Trinajstić information content (AvgIpc) is 2.93. The number of furan rings is 1. The molecule has 0 fully saturated rings. The van der Waals surface area contributed by atoms with Gasteiger partial charge in [-0.3, -0.25) is 4.79 Å². The number of carbonyl (C=O) groups excluding carboxylic acids is 1. The number of fused-ring (bicyclic) bond motifs is 1. The molecule has 104 valence electrons. The Morgan fingerprint density at radius 2 is 2.00 bits per heavy atom. The van der Waals surface area contributed by atoms with Crippen LogP contribution in [0.3, 0.4) is 0 Å². The average molecular weight is 270 g/mol. The van der Waals surface area contributed by atoms with Crippen LogP contribution in [0.15, 0.2) is 22.6 Å². The van der Waals surface area contributed by atoms with Crippen molar-refractivity contribution in [1.29, 1.82) is 0 Å². The molecule has 2 aromatic rings. The van der Waals surface area contributed by atoms with Crippen LogP contribution < -0.4 is 10.6 Å². The number of aryl methyl sites for hydroxylation is 2. The summed E-state index contributed by atoms with van der Waals surface area (Å²) in [6.07, 6.45) is 0.808. The summed E-state index contributed by atoms with van der Waals surface area (Å²) in [4.78, 5) is 14.6. The van der Waals surface area contributed by atoms with E-state index in [9.17, 15) is 4.79 Å². The molecule has 20 heavy (non-hydrogen) atoms. The van der Waals surface area contributed by atoms with Gasteiger partial charge in [0.15, 0.2) is 0 Å². The van der Waals surface area contributed by atoms with Crippen LogP contribution in [0.25, 0.3) is 0 Å². The van der Waals surface area contributed by atoms with Crippen LogP contribution in [0.1, 0.15) is 33.0 Å². The topological polar surface area (TPSA) is 59.5 Å². The van der Waals surface area contributed by atoms with Gasteiger partial charge in [-0.1, -0.05) is 6.07 Å². The smallest absolute Gasteiger partial charge is 0.262 e.